The number of aryl methyl sites for hydroxylation is 2. The lowest BCUT2D eigenvalue weighted by molar-refractivity contribution is 0.0696. The van der Waals surface area contributed by atoms with E-state index in [4.69, 9.17) is 5.11 Å². The van der Waals surface area contributed by atoms with Crippen LogP contribution in [0.25, 0.3) is 0 Å². The van der Waals surface area contributed by atoms with Gasteiger partial charge in [0.05, 0.1) is 22.5 Å². The van der Waals surface area contributed by atoms with Gasteiger partial charge in [-0.2, -0.15) is 0 Å². The molecule has 0 aliphatic carbocycles. The number of amides is 1. The van der Waals surface area contributed by atoms with Crippen LogP contribution in [0.5, 0.6) is 5.75 Å². The second-order valence-electron chi connectivity index (χ2n) is 4.58. The molecule has 108 valence electrons. The van der Waals surface area contributed by atoms with Crippen LogP contribution in [0, 0.1) is 13.8 Å². The van der Waals surface area contributed by atoms with E-state index in [2.05, 4.69) is 10.3 Å². The van der Waals surface area contributed by atoms with Crippen molar-refractivity contribution >= 4 is 17.6 Å². The van der Waals surface area contributed by atoms with Crippen molar-refractivity contribution in [2.45, 2.75) is 13.8 Å². The second kappa shape index (κ2) is 5.62. The van der Waals surface area contributed by atoms with Gasteiger partial charge in [0.2, 0.25) is 0 Å². The number of rotatable bonds is 3. The SMILES string of the molecule is Cc1ccc(C(=O)Nc2ccc(C(=O)O)cc2O)c(C)n1. The van der Waals surface area contributed by atoms with E-state index in [9.17, 15) is 14.7 Å². The highest BCUT2D eigenvalue weighted by Gasteiger charge is 2.13. The van der Waals surface area contributed by atoms with Crippen molar-refractivity contribution < 1.29 is 19.8 Å². The average Bonchev–Trinajstić information content (AvgIpc) is 2.40. The lowest BCUT2D eigenvalue weighted by Crippen LogP contribution is -2.14. The van der Waals surface area contributed by atoms with E-state index >= 15 is 0 Å². The van der Waals surface area contributed by atoms with Crippen molar-refractivity contribution in [3.63, 3.8) is 0 Å². The van der Waals surface area contributed by atoms with Gasteiger partial charge in [-0.15, -0.1) is 0 Å². The van der Waals surface area contributed by atoms with E-state index in [0.717, 1.165) is 11.8 Å². The van der Waals surface area contributed by atoms with Crippen LogP contribution in [0.4, 0.5) is 5.69 Å². The van der Waals surface area contributed by atoms with E-state index in [1.54, 1.807) is 19.1 Å². The molecule has 3 N–H and O–H groups in total. The highest BCUT2D eigenvalue weighted by atomic mass is 16.4. The Morgan fingerprint density at radius 2 is 1.86 bits per heavy atom. The minimum atomic E-state index is -1.15. The molecular weight excluding hydrogens is 272 g/mol. The molecule has 0 atom stereocenters. The van der Waals surface area contributed by atoms with Gasteiger partial charge in [0.25, 0.3) is 5.91 Å². The maximum absolute atomic E-state index is 12.1. The van der Waals surface area contributed by atoms with E-state index in [0.29, 0.717) is 11.3 Å². The average molecular weight is 286 g/mol. The van der Waals surface area contributed by atoms with Crippen LogP contribution in [0.15, 0.2) is 30.3 Å². The molecule has 1 aromatic heterocycles. The van der Waals surface area contributed by atoms with Crippen LogP contribution in [0.1, 0.15) is 32.1 Å². The molecule has 0 radical (unpaired) electrons. The number of aromatic carboxylic acids is 1. The summed E-state index contributed by atoms with van der Waals surface area (Å²) in [7, 11) is 0. The molecule has 0 aliphatic rings. The number of nitrogens with one attached hydrogen (secondary N) is 1. The van der Waals surface area contributed by atoms with Crippen LogP contribution in [0.3, 0.4) is 0 Å². The number of phenolic OH excluding ortho intramolecular Hbond substituents is 1. The second-order valence-corrected chi connectivity index (χ2v) is 4.58. The molecule has 21 heavy (non-hydrogen) atoms. The quantitative estimate of drug-likeness (QED) is 0.752. The number of aromatic nitrogens is 1. The summed E-state index contributed by atoms with van der Waals surface area (Å²) in [5, 5.41) is 21.1. The van der Waals surface area contributed by atoms with Crippen molar-refractivity contribution in [1.29, 1.82) is 0 Å². The van der Waals surface area contributed by atoms with Crippen LogP contribution >= 0.6 is 0 Å². The third-order valence-electron chi connectivity index (χ3n) is 2.96. The standard InChI is InChI=1S/C15H14N2O4/c1-8-3-5-11(9(2)16-8)14(19)17-12-6-4-10(15(20)21)7-13(12)18/h3-7,18H,1-2H3,(H,17,19)(H,20,21). The lowest BCUT2D eigenvalue weighted by Gasteiger charge is -2.09. The molecule has 0 fully saturated rings. The zero-order valence-corrected chi connectivity index (χ0v) is 11.5. The van der Waals surface area contributed by atoms with Crippen molar-refractivity contribution in [2.24, 2.45) is 0 Å². The predicted octanol–water partition coefficient (Wildman–Crippen LogP) is 2.35. The van der Waals surface area contributed by atoms with Crippen molar-refractivity contribution in [1.82, 2.24) is 4.98 Å². The smallest absolute Gasteiger partial charge is 0.335 e. The maximum Gasteiger partial charge on any atom is 0.335 e. The summed E-state index contributed by atoms with van der Waals surface area (Å²) < 4.78 is 0. The largest absolute Gasteiger partial charge is 0.506 e. The van der Waals surface area contributed by atoms with Gasteiger partial charge in [0, 0.05) is 5.69 Å². The molecule has 6 nitrogen and oxygen atoms in total. The van der Waals surface area contributed by atoms with Crippen molar-refractivity contribution in [3.05, 3.63) is 52.8 Å². The molecule has 2 aromatic rings. The highest BCUT2D eigenvalue weighted by Crippen LogP contribution is 2.25. The first-order chi connectivity index (χ1) is 9.88. The van der Waals surface area contributed by atoms with Gasteiger partial charge in [0.15, 0.2) is 0 Å². The zero-order valence-electron chi connectivity index (χ0n) is 11.5. The van der Waals surface area contributed by atoms with E-state index in [-0.39, 0.29) is 17.0 Å². The maximum atomic E-state index is 12.1. The fourth-order valence-corrected chi connectivity index (χ4v) is 1.89. The third-order valence-corrected chi connectivity index (χ3v) is 2.96. The molecule has 1 aromatic carbocycles. The Bertz CT molecular complexity index is 726. The molecule has 0 aliphatic heterocycles. The fourth-order valence-electron chi connectivity index (χ4n) is 1.89. The number of phenols is 1. The number of carboxylic acids is 1. The minimum absolute atomic E-state index is 0.0568. The third kappa shape index (κ3) is 3.17. The Morgan fingerprint density at radius 3 is 2.43 bits per heavy atom. The molecule has 0 saturated heterocycles. The number of pyridine rings is 1. The number of benzene rings is 1. The first-order valence-corrected chi connectivity index (χ1v) is 6.20. The Labute approximate surface area is 121 Å². The molecule has 0 saturated carbocycles. The summed E-state index contributed by atoms with van der Waals surface area (Å²) in [4.78, 5) is 27.1. The van der Waals surface area contributed by atoms with Crippen LogP contribution in [-0.4, -0.2) is 27.1 Å². The summed E-state index contributed by atoms with van der Waals surface area (Å²) in [5.74, 6) is -1.87. The Balaban J connectivity index is 2.25. The number of carboxylic acid groups (broad SMARTS) is 1. The topological polar surface area (TPSA) is 99.5 Å². The first kappa shape index (κ1) is 14.5. The molecule has 0 bridgehead atoms. The number of hydrogen-bond donors (Lipinski definition) is 3. The Morgan fingerprint density at radius 1 is 1.14 bits per heavy atom. The number of nitrogens with zero attached hydrogens (tertiary/aromatic N) is 1. The first-order valence-electron chi connectivity index (χ1n) is 6.20. The molecule has 2 rings (SSSR count). The van der Waals surface area contributed by atoms with E-state index < -0.39 is 11.9 Å². The van der Waals surface area contributed by atoms with Gasteiger partial charge in [0.1, 0.15) is 5.75 Å². The number of aromatic hydroxyl groups is 1. The number of anilines is 1. The molecule has 1 heterocycles. The van der Waals surface area contributed by atoms with E-state index in [1.165, 1.54) is 12.1 Å². The lowest BCUT2D eigenvalue weighted by atomic mass is 10.1. The Hall–Kier alpha value is -2.89. The summed E-state index contributed by atoms with van der Waals surface area (Å²) in [6, 6.07) is 7.09. The molecule has 6 heteroatoms. The van der Waals surface area contributed by atoms with Crippen molar-refractivity contribution in [3.8, 4) is 5.75 Å². The number of carbonyl (C=O) groups is 2. The molecular formula is C15H14N2O4. The monoisotopic (exact) mass is 286 g/mol. The van der Waals surface area contributed by atoms with E-state index in [1.807, 2.05) is 6.92 Å². The minimum Gasteiger partial charge on any atom is -0.506 e. The molecule has 0 unspecified atom stereocenters. The van der Waals surface area contributed by atoms with Crippen LogP contribution < -0.4 is 5.32 Å². The van der Waals surface area contributed by atoms with Gasteiger partial charge in [-0.05, 0) is 44.2 Å². The van der Waals surface area contributed by atoms with Crippen LogP contribution in [0.2, 0.25) is 0 Å². The fraction of sp³-hybridized carbons (Fsp3) is 0.133. The zero-order chi connectivity index (χ0) is 15.6. The van der Waals surface area contributed by atoms with Gasteiger partial charge in [-0.25, -0.2) is 4.79 Å². The van der Waals surface area contributed by atoms with Gasteiger partial charge in [-0.1, -0.05) is 0 Å². The Kier molecular flexibility index (Phi) is 3.89. The summed E-state index contributed by atoms with van der Waals surface area (Å²) >= 11 is 0. The van der Waals surface area contributed by atoms with Gasteiger partial charge in [-0.3, -0.25) is 9.78 Å². The summed E-state index contributed by atoms with van der Waals surface area (Å²) in [5.41, 5.74) is 1.86. The number of hydrogen-bond acceptors (Lipinski definition) is 4. The predicted molar refractivity (Wildman–Crippen MR) is 76.7 cm³/mol. The normalized spacial score (nSPS) is 10.2. The van der Waals surface area contributed by atoms with Crippen LogP contribution in [-0.2, 0) is 0 Å². The van der Waals surface area contributed by atoms with Gasteiger partial charge >= 0.3 is 5.97 Å². The summed E-state index contributed by atoms with van der Waals surface area (Å²) in [6.07, 6.45) is 0. The molecule has 0 spiro atoms. The number of carbonyl (C=O) groups excluding carboxylic acids is 1. The van der Waals surface area contributed by atoms with Gasteiger partial charge < -0.3 is 15.5 Å². The molecule has 1 amide bonds. The highest BCUT2D eigenvalue weighted by molar-refractivity contribution is 6.06. The summed E-state index contributed by atoms with van der Waals surface area (Å²) in [6.45, 7) is 3.54. The van der Waals surface area contributed by atoms with Crippen molar-refractivity contribution in [2.75, 3.05) is 5.32 Å².